The van der Waals surface area contributed by atoms with E-state index in [0.717, 1.165) is 27.5 Å². The predicted octanol–water partition coefficient (Wildman–Crippen LogP) is 5.61. The number of hydrogen-bond donors (Lipinski definition) is 1. The lowest BCUT2D eigenvalue weighted by atomic mass is 10.1. The third kappa shape index (κ3) is 4.85. The highest BCUT2D eigenvalue weighted by molar-refractivity contribution is 7.09. The molecule has 0 aliphatic carbocycles. The van der Waals surface area contributed by atoms with Gasteiger partial charge in [-0.15, -0.1) is 11.3 Å². The van der Waals surface area contributed by atoms with Gasteiger partial charge in [0.05, 0.1) is 32.1 Å². The Labute approximate surface area is 213 Å². The molecule has 2 heterocycles. The Hall–Kier alpha value is -4.43. The zero-order valence-corrected chi connectivity index (χ0v) is 20.7. The minimum atomic E-state index is -0.286. The third-order valence-corrected chi connectivity index (χ3v) is 6.51. The Bertz CT molecular complexity index is 1480. The molecule has 2 aromatic heterocycles. The molecule has 0 fully saturated rings. The summed E-state index contributed by atoms with van der Waals surface area (Å²) in [4.78, 5) is 18.0. The van der Waals surface area contributed by atoms with Crippen LogP contribution >= 0.6 is 11.3 Å². The van der Waals surface area contributed by atoms with E-state index in [1.807, 2.05) is 90.4 Å². The molecule has 0 saturated carbocycles. The highest BCUT2D eigenvalue weighted by atomic mass is 32.1. The Morgan fingerprint density at radius 2 is 1.64 bits per heavy atom. The van der Waals surface area contributed by atoms with E-state index in [4.69, 9.17) is 9.47 Å². The monoisotopic (exact) mass is 496 g/mol. The molecule has 8 heteroatoms. The van der Waals surface area contributed by atoms with E-state index in [0.29, 0.717) is 29.3 Å². The summed E-state index contributed by atoms with van der Waals surface area (Å²) in [5.41, 5.74) is 4.58. The summed E-state index contributed by atoms with van der Waals surface area (Å²) < 4.78 is 12.6. The summed E-state index contributed by atoms with van der Waals surface area (Å²) >= 11 is 1.51. The van der Waals surface area contributed by atoms with Gasteiger partial charge < -0.3 is 14.8 Å². The average molecular weight is 497 g/mol. The van der Waals surface area contributed by atoms with Gasteiger partial charge in [-0.3, -0.25) is 4.79 Å². The van der Waals surface area contributed by atoms with Crippen LogP contribution < -0.4 is 14.8 Å². The second kappa shape index (κ2) is 10.5. The Balaban J connectivity index is 1.44. The first-order valence-corrected chi connectivity index (χ1v) is 12.2. The van der Waals surface area contributed by atoms with Crippen LogP contribution in [-0.4, -0.2) is 34.9 Å². The number of rotatable bonds is 8. The maximum Gasteiger partial charge on any atom is 0.272 e. The lowest BCUT2D eigenvalue weighted by Gasteiger charge is -2.09. The number of ether oxygens (including phenoxy) is 2. The van der Waals surface area contributed by atoms with Crippen molar-refractivity contribution < 1.29 is 14.3 Å². The van der Waals surface area contributed by atoms with Gasteiger partial charge in [-0.05, 0) is 29.8 Å². The van der Waals surface area contributed by atoms with Gasteiger partial charge in [-0.1, -0.05) is 54.6 Å². The van der Waals surface area contributed by atoms with E-state index >= 15 is 0 Å². The number of methoxy groups -OCH3 is 2. The van der Waals surface area contributed by atoms with E-state index in [-0.39, 0.29) is 5.91 Å². The van der Waals surface area contributed by atoms with Gasteiger partial charge in [0.25, 0.3) is 5.91 Å². The number of nitrogens with one attached hydrogen (secondary N) is 1. The fraction of sp³-hybridized carbons (Fsp3) is 0.107. The highest BCUT2D eigenvalue weighted by Gasteiger charge is 2.20. The Morgan fingerprint density at radius 3 is 2.36 bits per heavy atom. The molecule has 1 amide bonds. The topological polar surface area (TPSA) is 78.3 Å². The zero-order chi connectivity index (χ0) is 24.9. The number of amides is 1. The molecular weight excluding hydrogens is 472 g/mol. The number of aromatic nitrogens is 3. The van der Waals surface area contributed by atoms with E-state index in [9.17, 15) is 4.79 Å². The van der Waals surface area contributed by atoms with Crippen LogP contribution in [0, 0.1) is 0 Å². The molecule has 0 aliphatic heterocycles. The number of thiazole rings is 1. The van der Waals surface area contributed by atoms with Gasteiger partial charge in [-0.2, -0.15) is 5.10 Å². The first kappa shape index (κ1) is 23.3. The van der Waals surface area contributed by atoms with Crippen molar-refractivity contribution >= 4 is 17.2 Å². The third-order valence-electron chi connectivity index (χ3n) is 5.67. The van der Waals surface area contributed by atoms with Crippen LogP contribution in [0.3, 0.4) is 0 Å². The zero-order valence-electron chi connectivity index (χ0n) is 19.8. The van der Waals surface area contributed by atoms with Crippen LogP contribution in [0.4, 0.5) is 0 Å². The molecule has 5 aromatic rings. The average Bonchev–Trinajstić information content (AvgIpc) is 3.60. The van der Waals surface area contributed by atoms with E-state index < -0.39 is 0 Å². The van der Waals surface area contributed by atoms with Crippen molar-refractivity contribution in [1.29, 1.82) is 0 Å². The molecule has 0 saturated heterocycles. The standard InChI is InChI=1S/C28H24N4O3S/c1-34-24-14-13-20(15-25(24)35-2)22-17-32(21-11-7-4-8-12-21)31-27(22)28(33)29-16-26-30-23(18-36-26)19-9-5-3-6-10-19/h3-15,17-18H,16H2,1-2H3,(H,29,33). The lowest BCUT2D eigenvalue weighted by molar-refractivity contribution is 0.0946. The molecule has 180 valence electrons. The van der Waals surface area contributed by atoms with Crippen LogP contribution in [0.15, 0.2) is 90.4 Å². The Morgan fingerprint density at radius 1 is 0.917 bits per heavy atom. The molecule has 1 N–H and O–H groups in total. The van der Waals surface area contributed by atoms with Gasteiger partial charge in [0, 0.05) is 22.7 Å². The lowest BCUT2D eigenvalue weighted by Crippen LogP contribution is -2.24. The van der Waals surface area contributed by atoms with Crippen molar-refractivity contribution in [2.24, 2.45) is 0 Å². The molecule has 0 radical (unpaired) electrons. The largest absolute Gasteiger partial charge is 0.493 e. The van der Waals surface area contributed by atoms with Gasteiger partial charge in [0.2, 0.25) is 0 Å². The number of benzene rings is 3. The minimum absolute atomic E-state index is 0.286. The number of carbonyl (C=O) groups is 1. The molecule has 0 atom stereocenters. The Kier molecular flexibility index (Phi) is 6.77. The molecule has 0 bridgehead atoms. The van der Waals surface area contributed by atoms with Gasteiger partial charge in [-0.25, -0.2) is 9.67 Å². The van der Waals surface area contributed by atoms with Crippen LogP contribution in [-0.2, 0) is 6.54 Å². The van der Waals surface area contributed by atoms with Crippen LogP contribution in [0.25, 0.3) is 28.1 Å². The summed E-state index contributed by atoms with van der Waals surface area (Å²) in [6.45, 7) is 0.305. The molecule has 0 spiro atoms. The van der Waals surface area contributed by atoms with Crippen molar-refractivity contribution in [2.45, 2.75) is 6.54 Å². The summed E-state index contributed by atoms with van der Waals surface area (Å²) in [5.74, 6) is 0.900. The summed E-state index contributed by atoms with van der Waals surface area (Å²) in [6.07, 6.45) is 1.85. The van der Waals surface area contributed by atoms with Crippen molar-refractivity contribution in [3.63, 3.8) is 0 Å². The van der Waals surface area contributed by atoms with E-state index in [1.165, 1.54) is 11.3 Å². The molecule has 0 unspecified atom stereocenters. The summed E-state index contributed by atoms with van der Waals surface area (Å²) in [7, 11) is 3.17. The molecule has 5 rings (SSSR count). The van der Waals surface area contributed by atoms with Gasteiger partial charge in [0.15, 0.2) is 17.2 Å². The second-order valence-electron chi connectivity index (χ2n) is 7.92. The molecule has 3 aromatic carbocycles. The van der Waals surface area contributed by atoms with Crippen molar-refractivity contribution in [1.82, 2.24) is 20.1 Å². The van der Waals surface area contributed by atoms with Crippen LogP contribution in [0.2, 0.25) is 0 Å². The fourth-order valence-electron chi connectivity index (χ4n) is 3.84. The van der Waals surface area contributed by atoms with Gasteiger partial charge >= 0.3 is 0 Å². The number of para-hydroxylation sites is 1. The first-order valence-electron chi connectivity index (χ1n) is 11.3. The van der Waals surface area contributed by atoms with Crippen LogP contribution in [0.5, 0.6) is 11.5 Å². The molecule has 0 aliphatic rings. The van der Waals surface area contributed by atoms with Crippen molar-refractivity contribution in [3.8, 4) is 39.6 Å². The second-order valence-corrected chi connectivity index (χ2v) is 8.86. The van der Waals surface area contributed by atoms with Gasteiger partial charge in [0.1, 0.15) is 5.01 Å². The first-order chi connectivity index (χ1) is 17.7. The predicted molar refractivity (Wildman–Crippen MR) is 141 cm³/mol. The minimum Gasteiger partial charge on any atom is -0.493 e. The summed E-state index contributed by atoms with van der Waals surface area (Å²) in [6, 6.07) is 25.2. The number of hydrogen-bond acceptors (Lipinski definition) is 6. The molecule has 36 heavy (non-hydrogen) atoms. The van der Waals surface area contributed by atoms with Crippen molar-refractivity contribution in [2.75, 3.05) is 14.2 Å². The number of nitrogens with zero attached hydrogens (tertiary/aromatic N) is 3. The van der Waals surface area contributed by atoms with Crippen LogP contribution in [0.1, 0.15) is 15.5 Å². The number of carbonyl (C=O) groups excluding carboxylic acids is 1. The summed E-state index contributed by atoms with van der Waals surface area (Å²) in [5, 5.41) is 10.4. The maximum absolute atomic E-state index is 13.3. The highest BCUT2D eigenvalue weighted by Crippen LogP contribution is 2.34. The maximum atomic E-state index is 13.3. The SMILES string of the molecule is COc1ccc(-c2cn(-c3ccccc3)nc2C(=O)NCc2nc(-c3ccccc3)cs2)cc1OC. The van der Waals surface area contributed by atoms with E-state index in [1.54, 1.807) is 18.9 Å². The quantitative estimate of drug-likeness (QED) is 0.302. The smallest absolute Gasteiger partial charge is 0.272 e. The van der Waals surface area contributed by atoms with Crippen molar-refractivity contribution in [3.05, 3.63) is 101 Å². The normalized spacial score (nSPS) is 10.7. The molecular formula is C28H24N4O3S. The molecule has 7 nitrogen and oxygen atoms in total. The fourth-order valence-corrected chi connectivity index (χ4v) is 4.59. The van der Waals surface area contributed by atoms with E-state index in [2.05, 4.69) is 15.4 Å².